The Kier molecular flexibility index (Phi) is 3.42. The molecule has 0 atom stereocenters. The monoisotopic (exact) mass is 250 g/mol. The first kappa shape index (κ1) is 12.5. The second-order valence-corrected chi connectivity index (χ2v) is 5.57. The van der Waals surface area contributed by atoms with E-state index in [1.807, 2.05) is 0 Å². The molecular weight excluding hydrogens is 228 g/mol. The Balaban J connectivity index is 2.18. The Morgan fingerprint density at radius 2 is 1.53 bits per heavy atom. The Labute approximate surface area is 116 Å². The van der Waals surface area contributed by atoms with E-state index in [0.717, 1.165) is 6.42 Å². The SMILES string of the molecule is CCCc1ccc(CCC)c2c1Cc1ccccc1-2. The van der Waals surface area contributed by atoms with Gasteiger partial charge in [-0.1, -0.05) is 63.1 Å². The summed E-state index contributed by atoms with van der Waals surface area (Å²) in [6, 6.07) is 13.7. The lowest BCUT2D eigenvalue weighted by Gasteiger charge is -2.13. The summed E-state index contributed by atoms with van der Waals surface area (Å²) in [6.07, 6.45) is 6.00. The molecule has 2 aromatic carbocycles. The molecule has 0 saturated heterocycles. The number of benzene rings is 2. The van der Waals surface area contributed by atoms with Crippen molar-refractivity contribution in [1.29, 1.82) is 0 Å². The molecule has 3 rings (SSSR count). The van der Waals surface area contributed by atoms with Crippen LogP contribution in [0, 0.1) is 0 Å². The van der Waals surface area contributed by atoms with Crippen LogP contribution in [0.5, 0.6) is 0 Å². The largest absolute Gasteiger partial charge is 0.0651 e. The molecule has 0 bridgehead atoms. The van der Waals surface area contributed by atoms with Crippen LogP contribution >= 0.6 is 0 Å². The summed E-state index contributed by atoms with van der Waals surface area (Å²) in [7, 11) is 0. The van der Waals surface area contributed by atoms with Crippen LogP contribution < -0.4 is 0 Å². The molecule has 0 heterocycles. The lowest BCUT2D eigenvalue weighted by atomic mass is 9.92. The highest BCUT2D eigenvalue weighted by atomic mass is 14.3. The molecule has 0 aromatic heterocycles. The van der Waals surface area contributed by atoms with Crippen LogP contribution in [0.25, 0.3) is 11.1 Å². The van der Waals surface area contributed by atoms with Gasteiger partial charge in [-0.25, -0.2) is 0 Å². The molecule has 0 nitrogen and oxygen atoms in total. The maximum atomic E-state index is 2.37. The fourth-order valence-corrected chi connectivity index (χ4v) is 3.37. The van der Waals surface area contributed by atoms with Crippen LogP contribution in [-0.2, 0) is 19.3 Å². The third kappa shape index (κ3) is 2.10. The molecule has 0 fully saturated rings. The van der Waals surface area contributed by atoms with E-state index in [-0.39, 0.29) is 0 Å². The van der Waals surface area contributed by atoms with Gasteiger partial charge in [0.1, 0.15) is 0 Å². The third-order valence-corrected chi connectivity index (χ3v) is 4.19. The second kappa shape index (κ2) is 5.21. The molecule has 98 valence electrons. The minimum Gasteiger partial charge on any atom is -0.0651 e. The van der Waals surface area contributed by atoms with Crippen molar-refractivity contribution in [2.75, 3.05) is 0 Å². The summed E-state index contributed by atoms with van der Waals surface area (Å²) in [6.45, 7) is 4.54. The van der Waals surface area contributed by atoms with Crippen LogP contribution in [0.15, 0.2) is 36.4 Å². The predicted molar refractivity (Wildman–Crippen MR) is 82.7 cm³/mol. The van der Waals surface area contributed by atoms with E-state index in [0.29, 0.717) is 0 Å². The smallest absolute Gasteiger partial charge is 0.00106 e. The first-order valence-corrected chi connectivity index (χ1v) is 7.57. The quantitative estimate of drug-likeness (QED) is 0.599. The zero-order valence-corrected chi connectivity index (χ0v) is 12.0. The van der Waals surface area contributed by atoms with Crippen molar-refractivity contribution in [3.63, 3.8) is 0 Å². The molecule has 1 aliphatic carbocycles. The van der Waals surface area contributed by atoms with Crippen molar-refractivity contribution in [2.24, 2.45) is 0 Å². The van der Waals surface area contributed by atoms with Crippen LogP contribution in [0.1, 0.15) is 48.9 Å². The lowest BCUT2D eigenvalue weighted by molar-refractivity contribution is 0.895. The van der Waals surface area contributed by atoms with Gasteiger partial charge < -0.3 is 0 Å². The van der Waals surface area contributed by atoms with Crippen LogP contribution in [0.4, 0.5) is 0 Å². The summed E-state index contributed by atoms with van der Waals surface area (Å²) in [4.78, 5) is 0. The fraction of sp³-hybridized carbons (Fsp3) is 0.368. The van der Waals surface area contributed by atoms with E-state index >= 15 is 0 Å². The van der Waals surface area contributed by atoms with Gasteiger partial charge in [0, 0.05) is 0 Å². The predicted octanol–water partition coefficient (Wildman–Crippen LogP) is 5.16. The van der Waals surface area contributed by atoms with E-state index in [9.17, 15) is 0 Å². The summed E-state index contributed by atoms with van der Waals surface area (Å²) < 4.78 is 0. The van der Waals surface area contributed by atoms with Crippen molar-refractivity contribution in [3.8, 4) is 11.1 Å². The highest BCUT2D eigenvalue weighted by Crippen LogP contribution is 2.41. The molecule has 0 radical (unpaired) electrons. The maximum absolute atomic E-state index is 2.37. The number of aryl methyl sites for hydroxylation is 2. The standard InChI is InChI=1S/C19H22/c1-3-7-14-11-12-15(8-4-2)19-17-10-6-5-9-16(17)13-18(14)19/h5-6,9-12H,3-4,7-8,13H2,1-2H3. The van der Waals surface area contributed by atoms with Gasteiger partial charge >= 0.3 is 0 Å². The van der Waals surface area contributed by atoms with Crippen LogP contribution in [0.3, 0.4) is 0 Å². The average molecular weight is 250 g/mol. The molecule has 0 unspecified atom stereocenters. The van der Waals surface area contributed by atoms with Crippen molar-refractivity contribution in [2.45, 2.75) is 46.0 Å². The molecule has 0 saturated carbocycles. The molecule has 19 heavy (non-hydrogen) atoms. The van der Waals surface area contributed by atoms with Gasteiger partial charge in [-0.15, -0.1) is 0 Å². The number of hydrogen-bond acceptors (Lipinski definition) is 0. The van der Waals surface area contributed by atoms with E-state index in [1.54, 1.807) is 22.3 Å². The summed E-state index contributed by atoms with van der Waals surface area (Å²) in [5.41, 5.74) is 9.27. The van der Waals surface area contributed by atoms with Gasteiger partial charge in [0.15, 0.2) is 0 Å². The molecule has 2 aromatic rings. The van der Waals surface area contributed by atoms with Crippen molar-refractivity contribution >= 4 is 0 Å². The van der Waals surface area contributed by atoms with E-state index in [1.165, 1.54) is 36.8 Å². The Hall–Kier alpha value is -1.56. The van der Waals surface area contributed by atoms with E-state index in [4.69, 9.17) is 0 Å². The molecular formula is C19H22. The first-order chi connectivity index (χ1) is 9.35. The zero-order chi connectivity index (χ0) is 13.2. The van der Waals surface area contributed by atoms with Gasteiger partial charge in [-0.2, -0.15) is 0 Å². The normalized spacial score (nSPS) is 12.3. The second-order valence-electron chi connectivity index (χ2n) is 5.57. The Morgan fingerprint density at radius 3 is 2.32 bits per heavy atom. The summed E-state index contributed by atoms with van der Waals surface area (Å²) in [5, 5.41) is 0. The number of rotatable bonds is 4. The molecule has 0 amide bonds. The number of hydrogen-bond donors (Lipinski definition) is 0. The van der Waals surface area contributed by atoms with Crippen LogP contribution in [0.2, 0.25) is 0 Å². The van der Waals surface area contributed by atoms with Gasteiger partial charge in [0.25, 0.3) is 0 Å². The molecule has 0 N–H and O–H groups in total. The van der Waals surface area contributed by atoms with E-state index < -0.39 is 0 Å². The van der Waals surface area contributed by atoms with Gasteiger partial charge in [-0.3, -0.25) is 0 Å². The number of fused-ring (bicyclic) bond motifs is 3. The lowest BCUT2D eigenvalue weighted by Crippen LogP contribution is -1.96. The van der Waals surface area contributed by atoms with Crippen molar-refractivity contribution in [1.82, 2.24) is 0 Å². The fourth-order valence-electron chi connectivity index (χ4n) is 3.37. The third-order valence-electron chi connectivity index (χ3n) is 4.19. The zero-order valence-electron chi connectivity index (χ0n) is 12.0. The summed E-state index contributed by atoms with van der Waals surface area (Å²) >= 11 is 0. The molecule has 0 spiro atoms. The molecule has 0 heteroatoms. The maximum Gasteiger partial charge on any atom is -0.00106 e. The van der Waals surface area contributed by atoms with Gasteiger partial charge in [0.05, 0.1) is 0 Å². The van der Waals surface area contributed by atoms with Crippen LogP contribution in [-0.4, -0.2) is 0 Å². The average Bonchev–Trinajstić information content (AvgIpc) is 2.82. The Bertz CT molecular complexity index is 593. The highest BCUT2D eigenvalue weighted by molar-refractivity contribution is 5.80. The minimum absolute atomic E-state index is 1.14. The Morgan fingerprint density at radius 1 is 0.842 bits per heavy atom. The highest BCUT2D eigenvalue weighted by Gasteiger charge is 2.22. The minimum atomic E-state index is 1.14. The topological polar surface area (TPSA) is 0 Å². The summed E-state index contributed by atoms with van der Waals surface area (Å²) in [5.74, 6) is 0. The van der Waals surface area contributed by atoms with Gasteiger partial charge in [-0.05, 0) is 52.6 Å². The van der Waals surface area contributed by atoms with Crippen molar-refractivity contribution in [3.05, 3.63) is 58.7 Å². The molecule has 1 aliphatic rings. The van der Waals surface area contributed by atoms with Crippen molar-refractivity contribution < 1.29 is 0 Å². The first-order valence-electron chi connectivity index (χ1n) is 7.57. The van der Waals surface area contributed by atoms with E-state index in [2.05, 4.69) is 50.2 Å². The van der Waals surface area contributed by atoms with Gasteiger partial charge in [0.2, 0.25) is 0 Å². The molecule has 0 aliphatic heterocycles.